The number of likely N-dealkylation sites (tertiary alicyclic amines) is 1. The van der Waals surface area contributed by atoms with Crippen LogP contribution in [-0.4, -0.2) is 41.7 Å². The number of anilines is 1. The van der Waals surface area contributed by atoms with Crippen molar-refractivity contribution >= 4 is 17.7 Å². The molecule has 1 unspecified atom stereocenters. The second kappa shape index (κ2) is 6.73. The molecule has 1 aromatic carbocycles. The van der Waals surface area contributed by atoms with Crippen LogP contribution < -0.4 is 10.1 Å². The van der Waals surface area contributed by atoms with Crippen molar-refractivity contribution < 1.29 is 19.4 Å². The maximum atomic E-state index is 12.3. The van der Waals surface area contributed by atoms with Crippen LogP contribution in [0.1, 0.15) is 20.3 Å². The molecular weight excluding hydrogens is 296 g/mol. The van der Waals surface area contributed by atoms with Crippen molar-refractivity contribution in [3.63, 3.8) is 0 Å². The Morgan fingerprint density at radius 2 is 2.22 bits per heavy atom. The summed E-state index contributed by atoms with van der Waals surface area (Å²) in [7, 11) is 0. The van der Waals surface area contributed by atoms with Gasteiger partial charge >= 0.3 is 12.0 Å². The quantitative estimate of drug-likeness (QED) is 0.818. The highest BCUT2D eigenvalue weighted by atomic mass is 16.5. The summed E-state index contributed by atoms with van der Waals surface area (Å²) < 4.78 is 5.54. The molecule has 6 heteroatoms. The summed E-state index contributed by atoms with van der Waals surface area (Å²) in [6.07, 6.45) is 0.456. The van der Waals surface area contributed by atoms with E-state index >= 15 is 0 Å². The summed E-state index contributed by atoms with van der Waals surface area (Å²) in [5, 5.41) is 12.0. The molecular formula is C17H22N2O4. The summed E-state index contributed by atoms with van der Waals surface area (Å²) >= 11 is 0. The Bertz CT molecular complexity index is 629. The summed E-state index contributed by atoms with van der Waals surface area (Å²) in [5.74, 6) is -0.231. The Balaban J connectivity index is 1.97. The van der Waals surface area contributed by atoms with E-state index < -0.39 is 11.4 Å². The fourth-order valence-electron chi connectivity index (χ4n) is 2.38. The van der Waals surface area contributed by atoms with Gasteiger partial charge in [0.25, 0.3) is 0 Å². The van der Waals surface area contributed by atoms with Crippen molar-refractivity contribution in [1.29, 1.82) is 0 Å². The minimum Gasteiger partial charge on any atom is -0.489 e. The molecule has 23 heavy (non-hydrogen) atoms. The summed E-state index contributed by atoms with van der Waals surface area (Å²) in [4.78, 5) is 25.0. The smallest absolute Gasteiger partial charge is 0.321 e. The van der Waals surface area contributed by atoms with Gasteiger partial charge in [-0.2, -0.15) is 0 Å². The number of carboxylic acid groups (broad SMARTS) is 1. The van der Waals surface area contributed by atoms with E-state index in [1.807, 2.05) is 6.92 Å². The minimum absolute atomic E-state index is 0.208. The van der Waals surface area contributed by atoms with Crippen LogP contribution in [0.2, 0.25) is 0 Å². The number of amides is 2. The number of rotatable bonds is 5. The van der Waals surface area contributed by atoms with E-state index in [9.17, 15) is 14.7 Å². The number of carbonyl (C=O) groups excluding carboxylic acids is 1. The predicted molar refractivity (Wildman–Crippen MR) is 87.7 cm³/mol. The third-order valence-corrected chi connectivity index (χ3v) is 3.85. The van der Waals surface area contributed by atoms with Gasteiger partial charge in [-0.25, -0.2) is 4.79 Å². The van der Waals surface area contributed by atoms with Crippen molar-refractivity contribution in [3.8, 4) is 5.75 Å². The second-order valence-electron chi connectivity index (χ2n) is 6.24. The highest BCUT2D eigenvalue weighted by Crippen LogP contribution is 2.30. The van der Waals surface area contributed by atoms with Gasteiger partial charge in [-0.05, 0) is 38.0 Å². The molecule has 2 rings (SSSR count). The number of hydrogen-bond acceptors (Lipinski definition) is 3. The second-order valence-corrected chi connectivity index (χ2v) is 6.24. The number of aliphatic carboxylic acids is 1. The maximum absolute atomic E-state index is 12.3. The molecule has 1 aliphatic heterocycles. The van der Waals surface area contributed by atoms with E-state index in [4.69, 9.17) is 4.74 Å². The fourth-order valence-corrected chi connectivity index (χ4v) is 2.38. The first kappa shape index (κ1) is 16.9. The Morgan fingerprint density at radius 1 is 1.48 bits per heavy atom. The highest BCUT2D eigenvalue weighted by molar-refractivity contribution is 5.90. The van der Waals surface area contributed by atoms with Gasteiger partial charge in [-0.1, -0.05) is 12.6 Å². The molecule has 0 radical (unpaired) electrons. The third kappa shape index (κ3) is 4.25. The number of carboxylic acids is 1. The lowest BCUT2D eigenvalue weighted by Gasteiger charge is -2.20. The molecule has 0 aromatic heterocycles. The van der Waals surface area contributed by atoms with Crippen LogP contribution in [0.3, 0.4) is 0 Å². The molecule has 1 fully saturated rings. The van der Waals surface area contributed by atoms with E-state index in [-0.39, 0.29) is 12.6 Å². The van der Waals surface area contributed by atoms with Gasteiger partial charge in [0, 0.05) is 24.8 Å². The topological polar surface area (TPSA) is 78.9 Å². The maximum Gasteiger partial charge on any atom is 0.321 e. The van der Waals surface area contributed by atoms with Gasteiger partial charge in [0.15, 0.2) is 0 Å². The predicted octanol–water partition coefficient (Wildman–Crippen LogP) is 2.97. The highest BCUT2D eigenvalue weighted by Gasteiger charge is 2.42. The molecule has 1 aliphatic rings. The van der Waals surface area contributed by atoms with Crippen molar-refractivity contribution in [2.75, 3.05) is 25.0 Å². The number of urea groups is 1. The number of nitrogens with zero attached hydrogens (tertiary/aromatic N) is 1. The number of nitrogens with one attached hydrogen (secondary N) is 1. The lowest BCUT2D eigenvalue weighted by molar-refractivity contribution is -0.146. The molecule has 2 amide bonds. The van der Waals surface area contributed by atoms with Crippen molar-refractivity contribution in [2.24, 2.45) is 5.41 Å². The zero-order valence-electron chi connectivity index (χ0n) is 13.5. The van der Waals surface area contributed by atoms with E-state index in [1.54, 1.807) is 31.2 Å². The van der Waals surface area contributed by atoms with E-state index in [1.165, 1.54) is 4.90 Å². The van der Waals surface area contributed by atoms with Crippen molar-refractivity contribution in [1.82, 2.24) is 4.90 Å². The number of benzene rings is 1. The lowest BCUT2D eigenvalue weighted by Crippen LogP contribution is -2.37. The Hall–Kier alpha value is -2.50. The number of ether oxygens (including phenoxy) is 1. The van der Waals surface area contributed by atoms with Crippen LogP contribution in [0.25, 0.3) is 0 Å². The summed E-state index contributed by atoms with van der Waals surface area (Å²) in [5.41, 5.74) is 0.645. The molecule has 1 atom stereocenters. The van der Waals surface area contributed by atoms with Gasteiger partial charge in [-0.3, -0.25) is 4.79 Å². The normalized spacial score (nSPS) is 20.2. The Morgan fingerprint density at radius 3 is 2.83 bits per heavy atom. The first-order valence-electron chi connectivity index (χ1n) is 7.47. The van der Waals surface area contributed by atoms with E-state index in [0.29, 0.717) is 31.0 Å². The molecule has 0 saturated carbocycles. The Labute approximate surface area is 135 Å². The largest absolute Gasteiger partial charge is 0.489 e. The molecule has 6 nitrogen and oxygen atoms in total. The van der Waals surface area contributed by atoms with Crippen LogP contribution in [0, 0.1) is 5.41 Å². The van der Waals surface area contributed by atoms with Crippen molar-refractivity contribution in [3.05, 3.63) is 36.4 Å². The zero-order chi connectivity index (χ0) is 17.0. The number of carbonyl (C=O) groups is 2. The van der Waals surface area contributed by atoms with Gasteiger partial charge in [0.2, 0.25) is 0 Å². The molecule has 1 saturated heterocycles. The van der Waals surface area contributed by atoms with E-state index in [0.717, 1.165) is 5.57 Å². The van der Waals surface area contributed by atoms with Gasteiger partial charge in [-0.15, -0.1) is 0 Å². The summed E-state index contributed by atoms with van der Waals surface area (Å²) in [6.45, 7) is 8.36. The first-order valence-corrected chi connectivity index (χ1v) is 7.47. The van der Waals surface area contributed by atoms with Crippen LogP contribution >= 0.6 is 0 Å². The Kier molecular flexibility index (Phi) is 4.93. The average molecular weight is 318 g/mol. The molecule has 0 aliphatic carbocycles. The average Bonchev–Trinajstić information content (AvgIpc) is 2.90. The third-order valence-electron chi connectivity index (χ3n) is 3.85. The monoisotopic (exact) mass is 318 g/mol. The van der Waals surface area contributed by atoms with Crippen molar-refractivity contribution in [2.45, 2.75) is 20.3 Å². The summed E-state index contributed by atoms with van der Waals surface area (Å²) in [6, 6.07) is 6.78. The zero-order valence-corrected chi connectivity index (χ0v) is 13.5. The molecule has 1 aromatic rings. The van der Waals surface area contributed by atoms with Crippen LogP contribution in [0.4, 0.5) is 10.5 Å². The first-order chi connectivity index (χ1) is 10.8. The molecule has 0 bridgehead atoms. The molecule has 1 heterocycles. The van der Waals surface area contributed by atoms with Crippen LogP contribution in [0.15, 0.2) is 36.4 Å². The van der Waals surface area contributed by atoms with E-state index in [2.05, 4.69) is 11.9 Å². The minimum atomic E-state index is -0.872. The van der Waals surface area contributed by atoms with Crippen LogP contribution in [0.5, 0.6) is 5.75 Å². The number of hydrogen-bond donors (Lipinski definition) is 2. The molecule has 0 spiro atoms. The van der Waals surface area contributed by atoms with Gasteiger partial charge < -0.3 is 20.1 Å². The van der Waals surface area contributed by atoms with Gasteiger partial charge in [0.05, 0.1) is 5.41 Å². The van der Waals surface area contributed by atoms with Gasteiger partial charge in [0.1, 0.15) is 12.4 Å². The standard InChI is InChI=1S/C17H22N2O4/c1-12(2)10-23-14-6-4-5-13(9-14)18-16(22)19-8-7-17(3,11-19)15(20)21/h4-6,9H,1,7-8,10-11H2,2-3H3,(H,18,22)(H,20,21). The molecule has 124 valence electrons. The lowest BCUT2D eigenvalue weighted by atomic mass is 9.90. The SMILES string of the molecule is C=C(C)COc1cccc(NC(=O)N2CCC(C)(C(=O)O)C2)c1. The van der Waals surface area contributed by atoms with Crippen LogP contribution in [-0.2, 0) is 4.79 Å². The molecule has 2 N–H and O–H groups in total. The fraction of sp³-hybridized carbons (Fsp3) is 0.412.